The largest absolute Gasteiger partial charge is 0.454 e. The van der Waals surface area contributed by atoms with Crippen LogP contribution in [0.3, 0.4) is 0 Å². The summed E-state index contributed by atoms with van der Waals surface area (Å²) in [7, 11) is 0. The third-order valence-corrected chi connectivity index (χ3v) is 5.40. The van der Waals surface area contributed by atoms with Crippen LogP contribution in [0.25, 0.3) is 11.3 Å². The molecule has 3 aromatic rings. The lowest BCUT2D eigenvalue weighted by molar-refractivity contribution is 0.174. The number of fused-ring (bicyclic) bond motifs is 1. The van der Waals surface area contributed by atoms with Crippen LogP contribution in [0.2, 0.25) is 0 Å². The molecule has 0 spiro atoms. The van der Waals surface area contributed by atoms with Crippen LogP contribution in [0.5, 0.6) is 11.5 Å². The van der Waals surface area contributed by atoms with E-state index in [9.17, 15) is 4.39 Å². The summed E-state index contributed by atoms with van der Waals surface area (Å²) in [5, 5.41) is 0. The number of aromatic nitrogens is 2. The van der Waals surface area contributed by atoms with E-state index in [0.29, 0.717) is 50.1 Å². The topological polar surface area (TPSA) is 76.7 Å². The molecular weight excluding hydrogens is 385 g/mol. The van der Waals surface area contributed by atoms with Gasteiger partial charge in [-0.05, 0) is 36.4 Å². The van der Waals surface area contributed by atoms with Gasteiger partial charge in [0.15, 0.2) is 11.5 Å². The van der Waals surface area contributed by atoms with E-state index in [1.807, 2.05) is 36.4 Å². The lowest BCUT2D eigenvalue weighted by Crippen LogP contribution is -2.47. The first-order valence-corrected chi connectivity index (χ1v) is 9.94. The standard InChI is InChI=1S/C22H22FN5O2/c23-17-3-1-2-4-19(17)27-7-9-28(10-8-27)22-25-16(13-24)12-18(26-22)15-5-6-20-21(11-15)30-14-29-20/h1-6,11-12H,7-10,13-14,24H2. The van der Waals surface area contributed by atoms with Gasteiger partial charge in [0.05, 0.1) is 17.1 Å². The molecule has 154 valence electrons. The summed E-state index contributed by atoms with van der Waals surface area (Å²) < 4.78 is 25.0. The van der Waals surface area contributed by atoms with Crippen LogP contribution < -0.4 is 25.0 Å². The average Bonchev–Trinajstić information content (AvgIpc) is 3.27. The summed E-state index contributed by atoms with van der Waals surface area (Å²) in [5.41, 5.74) is 9.00. The first-order chi connectivity index (χ1) is 14.7. The second kappa shape index (κ2) is 7.79. The Morgan fingerprint density at radius 1 is 0.900 bits per heavy atom. The van der Waals surface area contributed by atoms with E-state index in [0.717, 1.165) is 22.7 Å². The molecule has 0 bridgehead atoms. The van der Waals surface area contributed by atoms with Crippen molar-refractivity contribution in [1.82, 2.24) is 9.97 Å². The van der Waals surface area contributed by atoms with E-state index in [1.165, 1.54) is 6.07 Å². The number of hydrogen-bond donors (Lipinski definition) is 1. The quantitative estimate of drug-likeness (QED) is 0.713. The highest BCUT2D eigenvalue weighted by Crippen LogP contribution is 2.36. The zero-order chi connectivity index (χ0) is 20.5. The Labute approximate surface area is 173 Å². The smallest absolute Gasteiger partial charge is 0.231 e. The molecule has 2 aliphatic rings. The number of nitrogens with zero attached hydrogens (tertiary/aromatic N) is 4. The van der Waals surface area contributed by atoms with Crippen LogP contribution in [0.15, 0.2) is 48.5 Å². The normalized spacial score (nSPS) is 15.5. The maximum atomic E-state index is 14.1. The molecule has 2 N–H and O–H groups in total. The molecule has 0 amide bonds. The lowest BCUT2D eigenvalue weighted by atomic mass is 10.1. The number of hydrogen-bond acceptors (Lipinski definition) is 7. The van der Waals surface area contributed by atoms with Crippen molar-refractivity contribution in [2.24, 2.45) is 5.73 Å². The van der Waals surface area contributed by atoms with Gasteiger partial charge in [0.25, 0.3) is 0 Å². The van der Waals surface area contributed by atoms with E-state index in [-0.39, 0.29) is 12.6 Å². The molecule has 0 aliphatic carbocycles. The lowest BCUT2D eigenvalue weighted by Gasteiger charge is -2.36. The van der Waals surface area contributed by atoms with Crippen LogP contribution in [-0.4, -0.2) is 42.9 Å². The molecule has 7 nitrogen and oxygen atoms in total. The van der Waals surface area contributed by atoms with Gasteiger partial charge >= 0.3 is 0 Å². The molecule has 2 aromatic carbocycles. The molecule has 0 unspecified atom stereocenters. The van der Waals surface area contributed by atoms with Gasteiger partial charge in [0.1, 0.15) is 5.82 Å². The van der Waals surface area contributed by atoms with Gasteiger partial charge in [-0.15, -0.1) is 0 Å². The molecule has 1 aromatic heterocycles. The number of nitrogens with two attached hydrogens (primary N) is 1. The van der Waals surface area contributed by atoms with Crippen LogP contribution in [0.1, 0.15) is 5.69 Å². The number of piperazine rings is 1. The highest BCUT2D eigenvalue weighted by Gasteiger charge is 2.22. The first kappa shape index (κ1) is 18.6. The van der Waals surface area contributed by atoms with Gasteiger partial charge in [0.2, 0.25) is 12.7 Å². The summed E-state index contributed by atoms with van der Waals surface area (Å²) in [6.45, 7) is 3.33. The minimum Gasteiger partial charge on any atom is -0.454 e. The summed E-state index contributed by atoms with van der Waals surface area (Å²) in [6.07, 6.45) is 0. The van der Waals surface area contributed by atoms with Gasteiger partial charge in [-0.3, -0.25) is 0 Å². The molecule has 2 aliphatic heterocycles. The van der Waals surface area contributed by atoms with Gasteiger partial charge in [-0.1, -0.05) is 12.1 Å². The minimum atomic E-state index is -0.197. The maximum absolute atomic E-state index is 14.1. The van der Waals surface area contributed by atoms with E-state index < -0.39 is 0 Å². The number of ether oxygens (including phenoxy) is 2. The molecule has 1 saturated heterocycles. The fraction of sp³-hybridized carbons (Fsp3) is 0.273. The number of rotatable bonds is 4. The maximum Gasteiger partial charge on any atom is 0.231 e. The van der Waals surface area contributed by atoms with Gasteiger partial charge in [-0.25, -0.2) is 14.4 Å². The molecule has 0 atom stereocenters. The van der Waals surface area contributed by atoms with Crippen LogP contribution >= 0.6 is 0 Å². The van der Waals surface area contributed by atoms with Crippen LogP contribution in [0.4, 0.5) is 16.0 Å². The predicted molar refractivity (Wildman–Crippen MR) is 112 cm³/mol. The van der Waals surface area contributed by atoms with E-state index in [4.69, 9.17) is 20.2 Å². The zero-order valence-corrected chi connectivity index (χ0v) is 16.4. The minimum absolute atomic E-state index is 0.197. The number of para-hydroxylation sites is 1. The summed E-state index contributed by atoms with van der Waals surface area (Å²) in [4.78, 5) is 13.6. The number of halogens is 1. The van der Waals surface area contributed by atoms with Gasteiger partial charge in [-0.2, -0.15) is 0 Å². The van der Waals surface area contributed by atoms with Crippen molar-refractivity contribution in [3.05, 3.63) is 60.0 Å². The van der Waals surface area contributed by atoms with E-state index in [2.05, 4.69) is 14.8 Å². The average molecular weight is 407 g/mol. The third-order valence-electron chi connectivity index (χ3n) is 5.40. The SMILES string of the molecule is NCc1cc(-c2ccc3c(c2)OCO3)nc(N2CCN(c3ccccc3F)CC2)n1. The van der Waals surface area contributed by atoms with Crippen molar-refractivity contribution in [1.29, 1.82) is 0 Å². The number of anilines is 2. The van der Waals surface area contributed by atoms with Crippen LogP contribution in [-0.2, 0) is 6.54 Å². The number of benzene rings is 2. The third kappa shape index (κ3) is 3.50. The Hall–Kier alpha value is -3.39. The Kier molecular flexibility index (Phi) is 4.84. The molecular formula is C22H22FN5O2. The van der Waals surface area contributed by atoms with Gasteiger partial charge < -0.3 is 25.0 Å². The predicted octanol–water partition coefficient (Wildman–Crippen LogP) is 2.80. The molecule has 1 fully saturated rings. The Morgan fingerprint density at radius 2 is 1.67 bits per heavy atom. The van der Waals surface area contributed by atoms with Crippen molar-refractivity contribution in [2.45, 2.75) is 6.54 Å². The fourth-order valence-corrected chi connectivity index (χ4v) is 3.79. The molecule has 0 radical (unpaired) electrons. The van der Waals surface area contributed by atoms with Crippen molar-refractivity contribution < 1.29 is 13.9 Å². The van der Waals surface area contributed by atoms with Crippen LogP contribution in [0, 0.1) is 5.82 Å². The molecule has 30 heavy (non-hydrogen) atoms. The molecule has 5 rings (SSSR count). The molecule has 3 heterocycles. The summed E-state index contributed by atoms with van der Waals surface area (Å²) in [5.74, 6) is 1.88. The van der Waals surface area contributed by atoms with Gasteiger partial charge in [0, 0.05) is 38.3 Å². The van der Waals surface area contributed by atoms with Crippen molar-refractivity contribution in [2.75, 3.05) is 42.8 Å². The monoisotopic (exact) mass is 407 g/mol. The molecule has 0 saturated carbocycles. The molecule has 8 heteroatoms. The highest BCUT2D eigenvalue weighted by atomic mass is 19.1. The van der Waals surface area contributed by atoms with E-state index >= 15 is 0 Å². The Bertz CT molecular complexity index is 1070. The highest BCUT2D eigenvalue weighted by molar-refractivity contribution is 5.66. The second-order valence-electron chi connectivity index (χ2n) is 7.24. The first-order valence-electron chi connectivity index (χ1n) is 9.94. The summed E-state index contributed by atoms with van der Waals surface area (Å²) >= 11 is 0. The zero-order valence-electron chi connectivity index (χ0n) is 16.4. The van der Waals surface area contributed by atoms with Crippen molar-refractivity contribution in [3.8, 4) is 22.8 Å². The second-order valence-corrected chi connectivity index (χ2v) is 7.24. The Balaban J connectivity index is 1.39. The fourth-order valence-electron chi connectivity index (χ4n) is 3.79. The summed E-state index contributed by atoms with van der Waals surface area (Å²) in [6, 6.07) is 14.5. The Morgan fingerprint density at radius 3 is 2.47 bits per heavy atom. The van der Waals surface area contributed by atoms with Crippen molar-refractivity contribution in [3.63, 3.8) is 0 Å². The van der Waals surface area contributed by atoms with Crippen molar-refractivity contribution >= 4 is 11.6 Å². The van der Waals surface area contributed by atoms with E-state index in [1.54, 1.807) is 6.07 Å².